The zero-order chi connectivity index (χ0) is 15.6. The van der Waals surface area contributed by atoms with E-state index < -0.39 is 22.4 Å². The Morgan fingerprint density at radius 3 is 2.86 bits per heavy atom. The molecule has 0 saturated carbocycles. The van der Waals surface area contributed by atoms with Gasteiger partial charge in [0.05, 0.1) is 10.7 Å². The number of carbonyl (C=O) groups is 1. The number of nitro benzene ring substituents is 1. The Hall–Kier alpha value is -2.49. The molecule has 2 aromatic rings. The first-order chi connectivity index (χ1) is 9.90. The predicted molar refractivity (Wildman–Crippen MR) is 71.4 cm³/mol. The van der Waals surface area contributed by atoms with Crippen LogP contribution in [0.5, 0.6) is 0 Å². The Morgan fingerprint density at radius 1 is 1.52 bits per heavy atom. The Bertz CT molecular complexity index is 718. The Kier molecular flexibility index (Phi) is 4.17. The SMILES string of the molecule is Cn1c(SCC(=O)O)nnc1-c1ccc(F)c([N+](=O)[O-])c1. The highest BCUT2D eigenvalue weighted by Gasteiger charge is 2.18. The summed E-state index contributed by atoms with van der Waals surface area (Å²) in [6.07, 6.45) is 0. The van der Waals surface area contributed by atoms with Crippen LogP contribution in [0.1, 0.15) is 0 Å². The van der Waals surface area contributed by atoms with Crippen LogP contribution in [0.4, 0.5) is 10.1 Å². The lowest BCUT2D eigenvalue weighted by molar-refractivity contribution is -0.387. The van der Waals surface area contributed by atoms with Gasteiger partial charge in [-0.3, -0.25) is 14.9 Å². The third kappa shape index (κ3) is 3.16. The smallest absolute Gasteiger partial charge is 0.313 e. The minimum absolute atomic E-state index is 0.185. The first-order valence-corrected chi connectivity index (χ1v) is 6.57. The van der Waals surface area contributed by atoms with E-state index in [1.54, 1.807) is 7.05 Å². The van der Waals surface area contributed by atoms with Crippen LogP contribution in [0.3, 0.4) is 0 Å². The van der Waals surface area contributed by atoms with Crippen LogP contribution in [0.15, 0.2) is 23.4 Å². The van der Waals surface area contributed by atoms with Gasteiger partial charge in [-0.2, -0.15) is 4.39 Å². The molecule has 1 heterocycles. The fraction of sp³-hybridized carbons (Fsp3) is 0.182. The number of thioether (sulfide) groups is 1. The lowest BCUT2D eigenvalue weighted by Gasteiger charge is -2.03. The van der Waals surface area contributed by atoms with Crippen molar-refractivity contribution in [2.45, 2.75) is 5.16 Å². The maximum Gasteiger partial charge on any atom is 0.313 e. The van der Waals surface area contributed by atoms with Crippen molar-refractivity contribution < 1.29 is 19.2 Å². The molecule has 0 atom stereocenters. The van der Waals surface area contributed by atoms with Gasteiger partial charge in [0.25, 0.3) is 0 Å². The fourth-order valence-electron chi connectivity index (χ4n) is 1.61. The van der Waals surface area contributed by atoms with Gasteiger partial charge in [0.1, 0.15) is 0 Å². The van der Waals surface area contributed by atoms with Gasteiger partial charge >= 0.3 is 11.7 Å². The second kappa shape index (κ2) is 5.87. The molecule has 8 nitrogen and oxygen atoms in total. The van der Waals surface area contributed by atoms with Crippen molar-refractivity contribution >= 4 is 23.4 Å². The maximum absolute atomic E-state index is 13.3. The van der Waals surface area contributed by atoms with Gasteiger partial charge < -0.3 is 9.67 Å². The van der Waals surface area contributed by atoms with E-state index in [1.807, 2.05) is 0 Å². The molecule has 0 spiro atoms. The van der Waals surface area contributed by atoms with E-state index in [4.69, 9.17) is 5.11 Å². The van der Waals surface area contributed by atoms with Gasteiger partial charge in [-0.05, 0) is 12.1 Å². The summed E-state index contributed by atoms with van der Waals surface area (Å²) in [4.78, 5) is 20.4. The molecule has 0 aliphatic carbocycles. The molecule has 10 heteroatoms. The number of rotatable bonds is 5. The number of nitro groups is 1. The molecule has 1 N–H and O–H groups in total. The van der Waals surface area contributed by atoms with Crippen LogP contribution in [0.2, 0.25) is 0 Å². The van der Waals surface area contributed by atoms with Crippen LogP contribution in [0, 0.1) is 15.9 Å². The first kappa shape index (κ1) is 14.9. The summed E-state index contributed by atoms with van der Waals surface area (Å²) in [5, 5.41) is 27.4. The average Bonchev–Trinajstić information content (AvgIpc) is 2.78. The van der Waals surface area contributed by atoms with Gasteiger partial charge in [-0.15, -0.1) is 10.2 Å². The number of benzene rings is 1. The number of carboxylic acid groups (broad SMARTS) is 1. The molecule has 0 bridgehead atoms. The zero-order valence-corrected chi connectivity index (χ0v) is 11.5. The van der Waals surface area contributed by atoms with E-state index in [1.165, 1.54) is 10.6 Å². The third-order valence-corrected chi connectivity index (χ3v) is 3.57. The Balaban J connectivity index is 2.37. The minimum atomic E-state index is -0.998. The summed E-state index contributed by atoms with van der Waals surface area (Å²) in [6.45, 7) is 0. The third-order valence-electron chi connectivity index (χ3n) is 2.56. The molecule has 0 saturated heterocycles. The summed E-state index contributed by atoms with van der Waals surface area (Å²) in [5.41, 5.74) is -0.337. The number of nitrogens with zero attached hydrogens (tertiary/aromatic N) is 4. The largest absolute Gasteiger partial charge is 0.481 e. The normalized spacial score (nSPS) is 10.6. The van der Waals surface area contributed by atoms with Crippen molar-refractivity contribution in [2.75, 3.05) is 5.75 Å². The van der Waals surface area contributed by atoms with E-state index >= 15 is 0 Å². The molecule has 0 aliphatic heterocycles. The van der Waals surface area contributed by atoms with Crippen molar-refractivity contribution in [2.24, 2.45) is 7.05 Å². The van der Waals surface area contributed by atoms with E-state index in [0.29, 0.717) is 10.7 Å². The number of hydrogen-bond donors (Lipinski definition) is 1. The molecule has 1 aromatic heterocycles. The maximum atomic E-state index is 13.3. The Labute approximate surface area is 121 Å². The molecule has 0 amide bonds. The summed E-state index contributed by atoms with van der Waals surface area (Å²) < 4.78 is 14.8. The molecular weight excluding hydrogens is 303 g/mol. The highest BCUT2D eigenvalue weighted by molar-refractivity contribution is 7.99. The number of aliphatic carboxylic acids is 1. The fourth-order valence-corrected chi connectivity index (χ4v) is 2.24. The van der Waals surface area contributed by atoms with Crippen molar-refractivity contribution in [1.82, 2.24) is 14.8 Å². The molecule has 0 aliphatic rings. The quantitative estimate of drug-likeness (QED) is 0.508. The second-order valence-corrected chi connectivity index (χ2v) is 4.91. The van der Waals surface area contributed by atoms with E-state index in [9.17, 15) is 19.3 Å². The van der Waals surface area contributed by atoms with E-state index in [0.717, 1.165) is 23.9 Å². The van der Waals surface area contributed by atoms with Gasteiger partial charge in [0.15, 0.2) is 11.0 Å². The molecule has 110 valence electrons. The molecule has 0 radical (unpaired) electrons. The highest BCUT2D eigenvalue weighted by atomic mass is 32.2. The van der Waals surface area contributed by atoms with Crippen molar-refractivity contribution in [1.29, 1.82) is 0 Å². The molecule has 2 rings (SSSR count). The molecule has 21 heavy (non-hydrogen) atoms. The van der Waals surface area contributed by atoms with Crippen molar-refractivity contribution in [3.8, 4) is 11.4 Å². The van der Waals surface area contributed by atoms with Gasteiger partial charge in [-0.1, -0.05) is 11.8 Å². The Morgan fingerprint density at radius 2 is 2.24 bits per heavy atom. The molecule has 1 aromatic carbocycles. The summed E-state index contributed by atoms with van der Waals surface area (Å²) in [7, 11) is 1.59. The lowest BCUT2D eigenvalue weighted by Crippen LogP contribution is -2.01. The van der Waals surface area contributed by atoms with Crippen molar-refractivity contribution in [3.63, 3.8) is 0 Å². The van der Waals surface area contributed by atoms with E-state index in [2.05, 4.69) is 10.2 Å². The topological polar surface area (TPSA) is 111 Å². The average molecular weight is 312 g/mol. The van der Waals surface area contributed by atoms with Crippen LogP contribution < -0.4 is 0 Å². The van der Waals surface area contributed by atoms with Gasteiger partial charge in [0.2, 0.25) is 5.82 Å². The second-order valence-electron chi connectivity index (χ2n) is 3.97. The monoisotopic (exact) mass is 312 g/mol. The van der Waals surface area contributed by atoms with Crippen LogP contribution in [0.25, 0.3) is 11.4 Å². The van der Waals surface area contributed by atoms with Crippen LogP contribution >= 0.6 is 11.8 Å². The van der Waals surface area contributed by atoms with Crippen LogP contribution in [-0.4, -0.2) is 36.5 Å². The zero-order valence-electron chi connectivity index (χ0n) is 10.7. The minimum Gasteiger partial charge on any atom is -0.481 e. The number of aromatic nitrogens is 3. The number of halogens is 1. The number of hydrogen-bond acceptors (Lipinski definition) is 6. The van der Waals surface area contributed by atoms with Gasteiger partial charge in [0, 0.05) is 18.7 Å². The van der Waals surface area contributed by atoms with Crippen LogP contribution in [-0.2, 0) is 11.8 Å². The molecular formula is C11H9FN4O4S. The standard InChI is InChI=1S/C11H9FN4O4S/c1-15-10(13-14-11(15)21-5-9(17)18)6-2-3-7(12)8(4-6)16(19)20/h2-4H,5H2,1H3,(H,17,18). The number of carboxylic acids is 1. The first-order valence-electron chi connectivity index (χ1n) is 5.58. The van der Waals surface area contributed by atoms with E-state index in [-0.39, 0.29) is 11.6 Å². The van der Waals surface area contributed by atoms with Gasteiger partial charge in [-0.25, -0.2) is 0 Å². The molecule has 0 unspecified atom stereocenters. The molecule has 0 fully saturated rings. The lowest BCUT2D eigenvalue weighted by atomic mass is 10.2. The predicted octanol–water partition coefficient (Wildman–Crippen LogP) is 1.71. The summed E-state index contributed by atoms with van der Waals surface area (Å²) >= 11 is 0.966. The highest BCUT2D eigenvalue weighted by Crippen LogP contribution is 2.27. The summed E-state index contributed by atoms with van der Waals surface area (Å²) in [5.74, 6) is -1.84. The van der Waals surface area contributed by atoms with Crippen molar-refractivity contribution in [3.05, 3.63) is 34.1 Å². The summed E-state index contributed by atoms with van der Waals surface area (Å²) in [6, 6.07) is 3.38.